The lowest BCUT2D eigenvalue weighted by atomic mass is 9.98. The van der Waals surface area contributed by atoms with Gasteiger partial charge in [0.1, 0.15) is 4.60 Å². The molecule has 0 saturated heterocycles. The van der Waals surface area contributed by atoms with Gasteiger partial charge in [-0.15, -0.1) is 0 Å². The fourth-order valence-electron chi connectivity index (χ4n) is 1.31. The SMILES string of the molecule is COC(=O)CC(CN)c1cccnc1Br. The summed E-state index contributed by atoms with van der Waals surface area (Å²) in [7, 11) is 1.37. The van der Waals surface area contributed by atoms with Gasteiger partial charge in [-0.3, -0.25) is 4.79 Å². The van der Waals surface area contributed by atoms with Crippen LogP contribution in [0.3, 0.4) is 0 Å². The maximum atomic E-state index is 11.2. The predicted octanol–water partition coefficient (Wildman–Crippen LogP) is 1.45. The molecule has 0 aromatic carbocycles. The van der Waals surface area contributed by atoms with Crippen LogP contribution < -0.4 is 5.73 Å². The Morgan fingerprint density at radius 1 is 1.73 bits per heavy atom. The number of aromatic nitrogens is 1. The van der Waals surface area contributed by atoms with Gasteiger partial charge in [-0.25, -0.2) is 4.98 Å². The molecule has 1 aromatic rings. The molecule has 15 heavy (non-hydrogen) atoms. The summed E-state index contributed by atoms with van der Waals surface area (Å²) in [5, 5.41) is 0. The minimum atomic E-state index is -0.263. The van der Waals surface area contributed by atoms with Crippen LogP contribution in [-0.4, -0.2) is 24.6 Å². The number of pyridine rings is 1. The molecule has 0 bridgehead atoms. The number of esters is 1. The fraction of sp³-hybridized carbons (Fsp3) is 0.400. The molecule has 0 aliphatic rings. The molecular formula is C10H13BrN2O2. The first-order chi connectivity index (χ1) is 7.19. The lowest BCUT2D eigenvalue weighted by Crippen LogP contribution is -2.18. The van der Waals surface area contributed by atoms with Crippen molar-refractivity contribution in [2.45, 2.75) is 12.3 Å². The van der Waals surface area contributed by atoms with Gasteiger partial charge in [0.25, 0.3) is 0 Å². The van der Waals surface area contributed by atoms with Gasteiger partial charge in [0, 0.05) is 12.1 Å². The maximum absolute atomic E-state index is 11.2. The van der Waals surface area contributed by atoms with Crippen molar-refractivity contribution in [3.8, 4) is 0 Å². The van der Waals surface area contributed by atoms with Crippen molar-refractivity contribution >= 4 is 21.9 Å². The Kier molecular flexibility index (Phi) is 4.71. The monoisotopic (exact) mass is 272 g/mol. The highest BCUT2D eigenvalue weighted by Crippen LogP contribution is 2.24. The summed E-state index contributed by atoms with van der Waals surface area (Å²) in [6, 6.07) is 3.72. The fourth-order valence-corrected chi connectivity index (χ4v) is 1.88. The van der Waals surface area contributed by atoms with Crippen LogP contribution in [0.25, 0.3) is 0 Å². The Labute approximate surface area is 97.0 Å². The summed E-state index contributed by atoms with van der Waals surface area (Å²) in [5.41, 5.74) is 6.56. The Morgan fingerprint density at radius 2 is 2.47 bits per heavy atom. The highest BCUT2D eigenvalue weighted by molar-refractivity contribution is 9.10. The number of nitrogens with zero attached hydrogens (tertiary/aromatic N) is 1. The Hall–Kier alpha value is -0.940. The number of hydrogen-bond acceptors (Lipinski definition) is 4. The highest BCUT2D eigenvalue weighted by atomic mass is 79.9. The van der Waals surface area contributed by atoms with Gasteiger partial charge in [-0.05, 0) is 34.1 Å². The van der Waals surface area contributed by atoms with Crippen LogP contribution in [0.15, 0.2) is 22.9 Å². The predicted molar refractivity (Wildman–Crippen MR) is 60.4 cm³/mol. The average Bonchev–Trinajstić information content (AvgIpc) is 2.26. The van der Waals surface area contributed by atoms with E-state index in [1.54, 1.807) is 6.20 Å². The molecule has 82 valence electrons. The molecule has 1 heterocycles. The van der Waals surface area contributed by atoms with Gasteiger partial charge >= 0.3 is 5.97 Å². The number of nitrogens with two attached hydrogens (primary N) is 1. The van der Waals surface area contributed by atoms with E-state index in [0.29, 0.717) is 6.54 Å². The molecule has 1 aromatic heterocycles. The lowest BCUT2D eigenvalue weighted by molar-refractivity contribution is -0.141. The molecular weight excluding hydrogens is 260 g/mol. The number of ether oxygens (including phenoxy) is 1. The zero-order valence-electron chi connectivity index (χ0n) is 8.44. The normalized spacial score (nSPS) is 12.2. The van der Waals surface area contributed by atoms with Crippen molar-refractivity contribution in [2.75, 3.05) is 13.7 Å². The summed E-state index contributed by atoms with van der Waals surface area (Å²) in [6.07, 6.45) is 1.95. The molecule has 0 spiro atoms. The topological polar surface area (TPSA) is 65.2 Å². The molecule has 4 nitrogen and oxygen atoms in total. The minimum Gasteiger partial charge on any atom is -0.469 e. The smallest absolute Gasteiger partial charge is 0.306 e. The van der Waals surface area contributed by atoms with Crippen LogP contribution in [0.4, 0.5) is 0 Å². The first kappa shape index (κ1) is 12.1. The number of methoxy groups -OCH3 is 1. The van der Waals surface area contributed by atoms with Crippen LogP contribution in [0.5, 0.6) is 0 Å². The van der Waals surface area contributed by atoms with E-state index in [0.717, 1.165) is 10.2 Å². The largest absolute Gasteiger partial charge is 0.469 e. The van der Waals surface area contributed by atoms with Crippen LogP contribution in [0.2, 0.25) is 0 Å². The van der Waals surface area contributed by atoms with Gasteiger partial charge in [0.2, 0.25) is 0 Å². The number of carbonyl (C=O) groups is 1. The van der Waals surface area contributed by atoms with E-state index >= 15 is 0 Å². The molecule has 0 saturated carbocycles. The maximum Gasteiger partial charge on any atom is 0.306 e. The first-order valence-corrected chi connectivity index (χ1v) is 5.35. The number of hydrogen-bond donors (Lipinski definition) is 1. The second-order valence-electron chi connectivity index (χ2n) is 3.10. The zero-order valence-corrected chi connectivity index (χ0v) is 10.0. The van der Waals surface area contributed by atoms with E-state index < -0.39 is 0 Å². The number of halogens is 1. The van der Waals surface area contributed by atoms with Gasteiger partial charge in [-0.2, -0.15) is 0 Å². The number of carbonyl (C=O) groups excluding carboxylic acids is 1. The number of rotatable bonds is 4. The molecule has 0 aliphatic carbocycles. The van der Waals surface area contributed by atoms with Gasteiger partial charge < -0.3 is 10.5 Å². The summed E-state index contributed by atoms with van der Waals surface area (Å²) in [5.74, 6) is -0.318. The Bertz CT molecular complexity index is 344. The van der Waals surface area contributed by atoms with E-state index in [-0.39, 0.29) is 18.3 Å². The third kappa shape index (κ3) is 3.28. The van der Waals surface area contributed by atoms with Gasteiger partial charge in [0.05, 0.1) is 13.5 Å². The van der Waals surface area contributed by atoms with Crippen molar-refractivity contribution in [2.24, 2.45) is 5.73 Å². The molecule has 0 fully saturated rings. The quantitative estimate of drug-likeness (QED) is 0.666. The van der Waals surface area contributed by atoms with E-state index in [9.17, 15) is 4.79 Å². The molecule has 5 heteroatoms. The van der Waals surface area contributed by atoms with Gasteiger partial charge in [-0.1, -0.05) is 6.07 Å². The molecule has 0 amide bonds. The average molecular weight is 273 g/mol. The van der Waals surface area contributed by atoms with Crippen LogP contribution in [-0.2, 0) is 9.53 Å². The second kappa shape index (κ2) is 5.82. The minimum absolute atomic E-state index is 0.0551. The third-order valence-electron chi connectivity index (χ3n) is 2.15. The zero-order chi connectivity index (χ0) is 11.3. The van der Waals surface area contributed by atoms with E-state index in [2.05, 4.69) is 25.7 Å². The molecule has 0 aliphatic heterocycles. The van der Waals surface area contributed by atoms with Crippen molar-refractivity contribution in [3.05, 3.63) is 28.5 Å². The Morgan fingerprint density at radius 3 is 3.00 bits per heavy atom. The van der Waals surface area contributed by atoms with E-state index in [1.807, 2.05) is 12.1 Å². The Balaban J connectivity index is 2.83. The summed E-state index contributed by atoms with van der Waals surface area (Å²) in [4.78, 5) is 15.2. The highest BCUT2D eigenvalue weighted by Gasteiger charge is 2.17. The van der Waals surface area contributed by atoms with Crippen molar-refractivity contribution < 1.29 is 9.53 Å². The van der Waals surface area contributed by atoms with Crippen LogP contribution >= 0.6 is 15.9 Å². The van der Waals surface area contributed by atoms with Gasteiger partial charge in [0.15, 0.2) is 0 Å². The summed E-state index contributed by atoms with van der Waals surface area (Å²) < 4.78 is 5.34. The van der Waals surface area contributed by atoms with Crippen LogP contribution in [0, 0.1) is 0 Å². The van der Waals surface area contributed by atoms with E-state index in [4.69, 9.17) is 5.73 Å². The summed E-state index contributed by atoms with van der Waals surface area (Å²) in [6.45, 7) is 0.388. The molecule has 0 radical (unpaired) electrons. The molecule has 1 rings (SSSR count). The first-order valence-electron chi connectivity index (χ1n) is 4.56. The standard InChI is InChI=1S/C10H13BrN2O2/c1-15-9(14)5-7(6-12)8-3-2-4-13-10(8)11/h2-4,7H,5-6,12H2,1H3. The van der Waals surface area contributed by atoms with Crippen molar-refractivity contribution in [3.63, 3.8) is 0 Å². The molecule has 1 atom stereocenters. The van der Waals surface area contributed by atoms with Crippen molar-refractivity contribution in [1.29, 1.82) is 0 Å². The second-order valence-corrected chi connectivity index (χ2v) is 3.85. The molecule has 2 N–H and O–H groups in total. The summed E-state index contributed by atoms with van der Waals surface area (Å²) >= 11 is 3.33. The van der Waals surface area contributed by atoms with Crippen molar-refractivity contribution in [1.82, 2.24) is 4.98 Å². The van der Waals surface area contributed by atoms with Crippen LogP contribution in [0.1, 0.15) is 17.9 Å². The molecule has 1 unspecified atom stereocenters. The lowest BCUT2D eigenvalue weighted by Gasteiger charge is -2.14. The van der Waals surface area contributed by atoms with E-state index in [1.165, 1.54) is 7.11 Å². The third-order valence-corrected chi connectivity index (χ3v) is 2.82.